The second-order valence-electron chi connectivity index (χ2n) is 7.17. The molecule has 2 saturated carbocycles. The van der Waals surface area contributed by atoms with Crippen LogP contribution in [0, 0.1) is 23.7 Å². The summed E-state index contributed by atoms with van der Waals surface area (Å²) >= 11 is 0. The number of ketones is 1. The van der Waals surface area contributed by atoms with E-state index in [1.165, 1.54) is 57.8 Å². The molecule has 0 aromatic heterocycles. The standard InChI is InChI=1S/C17H30O/c1-13(2)11-17(18)16(10-9-14-7-8-14)12-15-5-3-4-6-15/h13-16H,3-12H2,1-2H3. The number of carbonyl (C=O) groups excluding carboxylic acids is 1. The predicted molar refractivity (Wildman–Crippen MR) is 76.5 cm³/mol. The van der Waals surface area contributed by atoms with Crippen LogP contribution in [0.4, 0.5) is 0 Å². The van der Waals surface area contributed by atoms with Gasteiger partial charge < -0.3 is 0 Å². The van der Waals surface area contributed by atoms with Crippen LogP contribution in [0.15, 0.2) is 0 Å². The molecule has 2 aliphatic carbocycles. The summed E-state index contributed by atoms with van der Waals surface area (Å²) in [5, 5.41) is 0. The Balaban J connectivity index is 1.80. The van der Waals surface area contributed by atoms with E-state index in [4.69, 9.17) is 0 Å². The molecule has 0 spiro atoms. The van der Waals surface area contributed by atoms with Gasteiger partial charge in [0.2, 0.25) is 0 Å². The second kappa shape index (κ2) is 6.73. The summed E-state index contributed by atoms with van der Waals surface area (Å²) in [7, 11) is 0. The summed E-state index contributed by atoms with van der Waals surface area (Å²) in [6.45, 7) is 4.34. The Morgan fingerprint density at radius 3 is 2.28 bits per heavy atom. The van der Waals surface area contributed by atoms with Gasteiger partial charge in [0.15, 0.2) is 0 Å². The normalized spacial score (nSPS) is 22.6. The molecular formula is C17H30O. The number of carbonyl (C=O) groups is 1. The van der Waals surface area contributed by atoms with Gasteiger partial charge >= 0.3 is 0 Å². The van der Waals surface area contributed by atoms with Crippen molar-refractivity contribution in [1.29, 1.82) is 0 Å². The highest BCUT2D eigenvalue weighted by atomic mass is 16.1. The molecule has 0 saturated heterocycles. The van der Waals surface area contributed by atoms with Crippen LogP contribution < -0.4 is 0 Å². The van der Waals surface area contributed by atoms with Crippen molar-refractivity contribution in [2.75, 3.05) is 0 Å². The molecule has 18 heavy (non-hydrogen) atoms. The Labute approximate surface area is 113 Å². The monoisotopic (exact) mass is 250 g/mol. The molecule has 1 nitrogen and oxygen atoms in total. The smallest absolute Gasteiger partial charge is 0.136 e. The molecule has 0 aromatic rings. The van der Waals surface area contributed by atoms with E-state index in [9.17, 15) is 4.79 Å². The van der Waals surface area contributed by atoms with Crippen LogP contribution in [0.3, 0.4) is 0 Å². The lowest BCUT2D eigenvalue weighted by molar-refractivity contribution is -0.124. The van der Waals surface area contributed by atoms with Gasteiger partial charge in [-0.3, -0.25) is 4.79 Å². The van der Waals surface area contributed by atoms with Crippen molar-refractivity contribution in [3.63, 3.8) is 0 Å². The Hall–Kier alpha value is -0.330. The topological polar surface area (TPSA) is 17.1 Å². The zero-order valence-electron chi connectivity index (χ0n) is 12.3. The lowest BCUT2D eigenvalue weighted by Crippen LogP contribution is -2.19. The average Bonchev–Trinajstić information content (AvgIpc) is 2.99. The third kappa shape index (κ3) is 4.74. The van der Waals surface area contributed by atoms with Crippen molar-refractivity contribution in [1.82, 2.24) is 0 Å². The molecule has 2 aliphatic rings. The largest absolute Gasteiger partial charge is 0.299 e. The fourth-order valence-electron chi connectivity index (χ4n) is 3.47. The molecule has 0 N–H and O–H groups in total. The molecule has 104 valence electrons. The van der Waals surface area contributed by atoms with Gasteiger partial charge in [0.1, 0.15) is 5.78 Å². The van der Waals surface area contributed by atoms with Crippen LogP contribution >= 0.6 is 0 Å². The summed E-state index contributed by atoms with van der Waals surface area (Å²) in [6.07, 6.45) is 12.9. The molecular weight excluding hydrogens is 220 g/mol. The quantitative estimate of drug-likeness (QED) is 0.593. The third-order valence-corrected chi connectivity index (χ3v) is 4.78. The molecule has 0 heterocycles. The van der Waals surface area contributed by atoms with Crippen molar-refractivity contribution in [2.45, 2.75) is 78.1 Å². The molecule has 0 radical (unpaired) electrons. The van der Waals surface area contributed by atoms with E-state index >= 15 is 0 Å². The first-order valence-electron chi connectivity index (χ1n) is 8.18. The molecule has 1 heteroatoms. The van der Waals surface area contributed by atoms with Gasteiger partial charge in [-0.1, -0.05) is 52.4 Å². The van der Waals surface area contributed by atoms with Crippen LogP contribution in [-0.2, 0) is 4.79 Å². The molecule has 0 amide bonds. The SMILES string of the molecule is CC(C)CC(=O)C(CCC1CC1)CC1CCCC1. The number of hydrogen-bond acceptors (Lipinski definition) is 1. The fraction of sp³-hybridized carbons (Fsp3) is 0.941. The minimum absolute atomic E-state index is 0.399. The number of hydrogen-bond donors (Lipinski definition) is 0. The molecule has 2 rings (SSSR count). The first-order valence-corrected chi connectivity index (χ1v) is 8.18. The van der Waals surface area contributed by atoms with E-state index in [0.29, 0.717) is 17.6 Å². The molecule has 0 aliphatic heterocycles. The first-order chi connectivity index (χ1) is 8.65. The van der Waals surface area contributed by atoms with Crippen LogP contribution in [0.2, 0.25) is 0 Å². The van der Waals surface area contributed by atoms with Gasteiger partial charge in [-0.15, -0.1) is 0 Å². The molecule has 1 unspecified atom stereocenters. The number of Topliss-reactive ketones (excluding diaryl/α,β-unsaturated/α-hetero) is 1. The maximum Gasteiger partial charge on any atom is 0.136 e. The van der Waals surface area contributed by atoms with E-state index in [2.05, 4.69) is 13.8 Å². The zero-order chi connectivity index (χ0) is 13.0. The van der Waals surface area contributed by atoms with Crippen LogP contribution in [0.1, 0.15) is 78.1 Å². The molecule has 2 fully saturated rings. The Bertz CT molecular complexity index is 259. The second-order valence-corrected chi connectivity index (χ2v) is 7.17. The van der Waals surface area contributed by atoms with E-state index in [-0.39, 0.29) is 0 Å². The van der Waals surface area contributed by atoms with Crippen molar-refractivity contribution in [3.8, 4) is 0 Å². The van der Waals surface area contributed by atoms with Gasteiger partial charge in [0.25, 0.3) is 0 Å². The predicted octanol–water partition coefficient (Wildman–Crippen LogP) is 4.99. The molecule has 0 bridgehead atoms. The highest BCUT2D eigenvalue weighted by molar-refractivity contribution is 5.81. The summed E-state index contributed by atoms with van der Waals surface area (Å²) in [5.74, 6) is 3.34. The van der Waals surface area contributed by atoms with Crippen molar-refractivity contribution in [2.24, 2.45) is 23.7 Å². The van der Waals surface area contributed by atoms with E-state index in [0.717, 1.165) is 18.3 Å². The number of rotatable bonds is 8. The van der Waals surface area contributed by atoms with Gasteiger partial charge in [0.05, 0.1) is 0 Å². The van der Waals surface area contributed by atoms with Gasteiger partial charge in [0, 0.05) is 12.3 Å². The minimum atomic E-state index is 0.399. The van der Waals surface area contributed by atoms with E-state index in [1.54, 1.807) is 0 Å². The first kappa shape index (κ1) is 14.1. The maximum absolute atomic E-state index is 12.4. The van der Waals surface area contributed by atoms with E-state index in [1.807, 2.05) is 0 Å². The average molecular weight is 250 g/mol. The maximum atomic E-state index is 12.4. The van der Waals surface area contributed by atoms with Crippen LogP contribution in [0.25, 0.3) is 0 Å². The Morgan fingerprint density at radius 1 is 1.06 bits per heavy atom. The van der Waals surface area contributed by atoms with Crippen molar-refractivity contribution in [3.05, 3.63) is 0 Å². The zero-order valence-corrected chi connectivity index (χ0v) is 12.3. The Morgan fingerprint density at radius 2 is 1.72 bits per heavy atom. The Kier molecular flexibility index (Phi) is 5.26. The third-order valence-electron chi connectivity index (χ3n) is 4.78. The van der Waals surface area contributed by atoms with E-state index < -0.39 is 0 Å². The minimum Gasteiger partial charge on any atom is -0.299 e. The van der Waals surface area contributed by atoms with Gasteiger partial charge in [-0.25, -0.2) is 0 Å². The lowest BCUT2D eigenvalue weighted by atomic mass is 9.84. The lowest BCUT2D eigenvalue weighted by Gasteiger charge is -2.20. The van der Waals surface area contributed by atoms with Gasteiger partial charge in [-0.2, -0.15) is 0 Å². The summed E-state index contributed by atoms with van der Waals surface area (Å²) in [6, 6.07) is 0. The molecule has 1 atom stereocenters. The van der Waals surface area contributed by atoms with Crippen LogP contribution in [-0.4, -0.2) is 5.78 Å². The van der Waals surface area contributed by atoms with Gasteiger partial charge in [-0.05, 0) is 37.0 Å². The summed E-state index contributed by atoms with van der Waals surface area (Å²) in [5.41, 5.74) is 0. The van der Waals surface area contributed by atoms with Crippen molar-refractivity contribution >= 4 is 5.78 Å². The highest BCUT2D eigenvalue weighted by Gasteiger charge is 2.28. The summed E-state index contributed by atoms with van der Waals surface area (Å²) < 4.78 is 0. The van der Waals surface area contributed by atoms with Crippen molar-refractivity contribution < 1.29 is 4.79 Å². The van der Waals surface area contributed by atoms with Crippen LogP contribution in [0.5, 0.6) is 0 Å². The fourth-order valence-corrected chi connectivity index (χ4v) is 3.47. The highest BCUT2D eigenvalue weighted by Crippen LogP contribution is 2.38. The molecule has 0 aromatic carbocycles. The summed E-state index contributed by atoms with van der Waals surface area (Å²) in [4.78, 5) is 12.4.